The molecule has 0 bridgehead atoms. The average Bonchev–Trinajstić information content (AvgIpc) is 3.04. The summed E-state index contributed by atoms with van der Waals surface area (Å²) >= 11 is 0. The highest BCUT2D eigenvalue weighted by Crippen LogP contribution is 2.32. The van der Waals surface area contributed by atoms with Crippen molar-refractivity contribution in [2.45, 2.75) is 39.0 Å². The molecule has 6 nitrogen and oxygen atoms in total. The van der Waals surface area contributed by atoms with Crippen molar-refractivity contribution in [1.82, 2.24) is 9.97 Å². The maximum absolute atomic E-state index is 14.3. The summed E-state index contributed by atoms with van der Waals surface area (Å²) in [5.41, 5.74) is -1.17. The number of carbonyl (C=O) groups excluding carboxylic acids is 1. The van der Waals surface area contributed by atoms with Crippen molar-refractivity contribution in [3.8, 4) is 0 Å². The quantitative estimate of drug-likeness (QED) is 0.682. The van der Waals surface area contributed by atoms with Gasteiger partial charge in [-0.05, 0) is 25.0 Å². The number of ether oxygens (including phenoxy) is 1. The minimum atomic E-state index is -4.66. The van der Waals surface area contributed by atoms with Gasteiger partial charge >= 0.3 is 12.3 Å². The van der Waals surface area contributed by atoms with Crippen molar-refractivity contribution >= 4 is 17.9 Å². The van der Waals surface area contributed by atoms with Crippen LogP contribution < -0.4 is 10.2 Å². The number of alkyl halides is 3. The molecule has 2 aromatic rings. The van der Waals surface area contributed by atoms with Gasteiger partial charge in [-0.1, -0.05) is 19.9 Å². The second-order valence-corrected chi connectivity index (χ2v) is 7.22. The van der Waals surface area contributed by atoms with E-state index in [-0.39, 0.29) is 29.9 Å². The van der Waals surface area contributed by atoms with E-state index in [1.165, 1.54) is 6.92 Å². The summed E-state index contributed by atoms with van der Waals surface area (Å²) in [5.74, 6) is -2.37. The molecule has 1 amide bonds. The molecule has 1 aromatic heterocycles. The zero-order valence-corrected chi connectivity index (χ0v) is 16.3. The molecule has 162 valence electrons. The first kappa shape index (κ1) is 21.7. The summed E-state index contributed by atoms with van der Waals surface area (Å²) in [6.07, 6.45) is -4.56. The minimum absolute atomic E-state index is 0.0395. The van der Waals surface area contributed by atoms with E-state index < -0.39 is 41.6 Å². The van der Waals surface area contributed by atoms with Crippen LogP contribution in [0.2, 0.25) is 0 Å². The summed E-state index contributed by atoms with van der Waals surface area (Å²) < 4.78 is 71.7. The van der Waals surface area contributed by atoms with Gasteiger partial charge in [-0.2, -0.15) is 18.2 Å². The third kappa shape index (κ3) is 4.29. The maximum atomic E-state index is 14.3. The van der Waals surface area contributed by atoms with E-state index in [2.05, 4.69) is 15.3 Å². The van der Waals surface area contributed by atoms with Crippen LogP contribution in [-0.4, -0.2) is 28.7 Å². The Morgan fingerprint density at radius 1 is 1.20 bits per heavy atom. The Bertz CT molecular complexity index is 951. The molecule has 1 aromatic carbocycles. The Hall–Kier alpha value is -2.98. The van der Waals surface area contributed by atoms with Gasteiger partial charge in [-0.3, -0.25) is 4.90 Å². The highest BCUT2D eigenvalue weighted by atomic mass is 19.4. The van der Waals surface area contributed by atoms with Gasteiger partial charge in [-0.15, -0.1) is 0 Å². The number of benzene rings is 1. The Morgan fingerprint density at radius 2 is 1.90 bits per heavy atom. The molecule has 1 fully saturated rings. The van der Waals surface area contributed by atoms with Gasteiger partial charge in [0.05, 0.1) is 23.8 Å². The van der Waals surface area contributed by atoms with Crippen LogP contribution in [0, 0.1) is 17.6 Å². The Labute approximate surface area is 169 Å². The van der Waals surface area contributed by atoms with Crippen molar-refractivity contribution in [3.63, 3.8) is 0 Å². The molecule has 0 saturated carbocycles. The minimum Gasteiger partial charge on any atom is -0.447 e. The van der Waals surface area contributed by atoms with Gasteiger partial charge in [-0.25, -0.2) is 18.6 Å². The van der Waals surface area contributed by atoms with Crippen molar-refractivity contribution in [2.24, 2.45) is 5.92 Å². The lowest BCUT2D eigenvalue weighted by Gasteiger charge is -2.24. The molecule has 1 N–H and O–H groups in total. The summed E-state index contributed by atoms with van der Waals surface area (Å²) in [7, 11) is 0. The van der Waals surface area contributed by atoms with Crippen LogP contribution in [0.3, 0.4) is 0 Å². The molecule has 1 unspecified atom stereocenters. The molecule has 0 spiro atoms. The molecule has 2 atom stereocenters. The maximum Gasteiger partial charge on any atom is 0.416 e. The van der Waals surface area contributed by atoms with E-state index in [9.17, 15) is 26.7 Å². The van der Waals surface area contributed by atoms with E-state index in [0.29, 0.717) is 6.07 Å². The first-order valence-electron chi connectivity index (χ1n) is 9.10. The molecule has 0 radical (unpaired) electrons. The van der Waals surface area contributed by atoms with Crippen molar-refractivity contribution < 1.29 is 31.5 Å². The topological polar surface area (TPSA) is 67.3 Å². The van der Waals surface area contributed by atoms with Crippen LogP contribution in [0.5, 0.6) is 0 Å². The molecule has 2 heterocycles. The van der Waals surface area contributed by atoms with Gasteiger partial charge in [0.25, 0.3) is 0 Å². The number of anilines is 2. The highest BCUT2D eigenvalue weighted by molar-refractivity contribution is 5.89. The van der Waals surface area contributed by atoms with Crippen LogP contribution in [0.25, 0.3) is 0 Å². The number of carbonyl (C=O) groups is 1. The van der Waals surface area contributed by atoms with E-state index in [1.807, 2.05) is 13.8 Å². The molecule has 1 aliphatic heterocycles. The van der Waals surface area contributed by atoms with Gasteiger partial charge in [0.2, 0.25) is 5.95 Å². The van der Waals surface area contributed by atoms with E-state index in [0.717, 1.165) is 23.2 Å². The molecular formula is C19H19F5N4O2. The van der Waals surface area contributed by atoms with E-state index in [4.69, 9.17) is 4.74 Å². The second-order valence-electron chi connectivity index (χ2n) is 7.22. The Balaban J connectivity index is 1.86. The number of amides is 1. The number of aromatic nitrogens is 2. The van der Waals surface area contributed by atoms with Crippen molar-refractivity contribution in [3.05, 3.63) is 47.2 Å². The van der Waals surface area contributed by atoms with Gasteiger partial charge < -0.3 is 10.1 Å². The summed E-state index contributed by atoms with van der Waals surface area (Å²) in [5, 5.41) is 2.72. The average molecular weight is 430 g/mol. The molecule has 1 saturated heterocycles. The van der Waals surface area contributed by atoms with Crippen LogP contribution in [-0.2, 0) is 10.9 Å². The first-order valence-corrected chi connectivity index (χ1v) is 9.10. The van der Waals surface area contributed by atoms with Crippen LogP contribution in [0.4, 0.5) is 38.5 Å². The predicted molar refractivity (Wildman–Crippen MR) is 97.9 cm³/mol. The van der Waals surface area contributed by atoms with Crippen molar-refractivity contribution in [2.75, 3.05) is 16.8 Å². The highest BCUT2D eigenvalue weighted by Gasteiger charge is 2.39. The molecular weight excluding hydrogens is 411 g/mol. The summed E-state index contributed by atoms with van der Waals surface area (Å²) in [6.45, 7) is 5.25. The van der Waals surface area contributed by atoms with Crippen LogP contribution >= 0.6 is 0 Å². The lowest BCUT2D eigenvalue weighted by Crippen LogP contribution is -2.38. The SMILES string of the molecule is CC(C)C1COC(=O)N1c1nc(N[C@@H](C)c2ccc(C(F)(F)F)cc2F)ncc1F. The number of hydrogen-bond acceptors (Lipinski definition) is 5. The van der Waals surface area contributed by atoms with Crippen LogP contribution in [0.1, 0.15) is 37.9 Å². The molecule has 30 heavy (non-hydrogen) atoms. The summed E-state index contributed by atoms with van der Waals surface area (Å²) in [6, 6.07) is 0.905. The fourth-order valence-electron chi connectivity index (χ4n) is 3.09. The largest absolute Gasteiger partial charge is 0.447 e. The molecule has 1 aliphatic rings. The first-order chi connectivity index (χ1) is 14.0. The van der Waals surface area contributed by atoms with Gasteiger partial charge in [0.15, 0.2) is 11.6 Å². The molecule has 11 heteroatoms. The Kier molecular flexibility index (Phi) is 5.82. The Morgan fingerprint density at radius 3 is 2.50 bits per heavy atom. The van der Waals surface area contributed by atoms with E-state index in [1.54, 1.807) is 0 Å². The molecule has 3 rings (SSSR count). The number of nitrogens with zero attached hydrogens (tertiary/aromatic N) is 3. The fourth-order valence-corrected chi connectivity index (χ4v) is 3.09. The second kappa shape index (κ2) is 8.04. The fraction of sp³-hybridized carbons (Fsp3) is 0.421. The lowest BCUT2D eigenvalue weighted by molar-refractivity contribution is -0.137. The number of cyclic esters (lactones) is 1. The lowest BCUT2D eigenvalue weighted by atomic mass is 10.0. The monoisotopic (exact) mass is 430 g/mol. The zero-order chi connectivity index (χ0) is 22.2. The van der Waals surface area contributed by atoms with Crippen LogP contribution in [0.15, 0.2) is 24.4 Å². The third-order valence-electron chi connectivity index (χ3n) is 4.77. The predicted octanol–water partition coefficient (Wildman–Crippen LogP) is 4.93. The van der Waals surface area contributed by atoms with Crippen molar-refractivity contribution in [1.29, 1.82) is 0 Å². The standard InChI is InChI=1S/C19H19F5N4O2/c1-9(2)15-8-30-18(29)28(15)16-14(21)7-25-17(27-16)26-10(3)12-5-4-11(6-13(12)20)19(22,23)24/h4-7,9-10,15H,8H2,1-3H3,(H,25,26,27)/t10-,15?/m0/s1. The summed E-state index contributed by atoms with van der Waals surface area (Å²) in [4.78, 5) is 21.0. The molecule has 0 aliphatic carbocycles. The third-order valence-corrected chi connectivity index (χ3v) is 4.77. The van der Waals surface area contributed by atoms with Gasteiger partial charge in [0, 0.05) is 5.56 Å². The normalized spacial score (nSPS) is 18.0. The zero-order valence-electron chi connectivity index (χ0n) is 16.3. The van der Waals surface area contributed by atoms with E-state index >= 15 is 0 Å². The number of halogens is 5. The number of rotatable bonds is 5. The number of nitrogens with one attached hydrogen (secondary N) is 1. The smallest absolute Gasteiger partial charge is 0.416 e. The van der Waals surface area contributed by atoms with Gasteiger partial charge in [0.1, 0.15) is 12.4 Å². The number of hydrogen-bond donors (Lipinski definition) is 1.